The van der Waals surface area contributed by atoms with E-state index in [1.807, 2.05) is 37.3 Å². The maximum absolute atomic E-state index is 12.4. The van der Waals surface area contributed by atoms with E-state index in [0.717, 1.165) is 5.56 Å². The molecule has 0 radical (unpaired) electrons. The first kappa shape index (κ1) is 14.5. The monoisotopic (exact) mass is 286 g/mol. The molecule has 2 aromatic rings. The fourth-order valence-corrected chi connectivity index (χ4v) is 3.44. The number of benzene rings is 2. The minimum absolute atomic E-state index is 0.127. The van der Waals surface area contributed by atoms with E-state index >= 15 is 0 Å². The van der Waals surface area contributed by atoms with E-state index in [2.05, 4.69) is 6.58 Å². The predicted molar refractivity (Wildman–Crippen MR) is 82.2 cm³/mol. The number of allylic oxidation sites excluding steroid dienone is 1. The zero-order valence-electron chi connectivity index (χ0n) is 11.5. The highest BCUT2D eigenvalue weighted by Crippen LogP contribution is 2.28. The first-order valence-corrected chi connectivity index (χ1v) is 8.03. The Labute approximate surface area is 120 Å². The van der Waals surface area contributed by atoms with Crippen LogP contribution >= 0.6 is 0 Å². The second kappa shape index (κ2) is 6.06. The molecule has 0 aliphatic rings. The van der Waals surface area contributed by atoms with Crippen molar-refractivity contribution in [3.8, 4) is 0 Å². The average molecular weight is 286 g/mol. The van der Waals surface area contributed by atoms with Crippen molar-refractivity contribution < 1.29 is 8.42 Å². The van der Waals surface area contributed by atoms with Crippen LogP contribution in [0.3, 0.4) is 0 Å². The van der Waals surface area contributed by atoms with Gasteiger partial charge in [0.1, 0.15) is 0 Å². The Balaban J connectivity index is 2.17. The van der Waals surface area contributed by atoms with Crippen LogP contribution in [0.2, 0.25) is 0 Å². The van der Waals surface area contributed by atoms with Crippen LogP contribution in [0.25, 0.3) is 0 Å². The molecule has 3 heteroatoms. The molecule has 0 heterocycles. The van der Waals surface area contributed by atoms with Gasteiger partial charge in [0.2, 0.25) is 9.84 Å². The fourth-order valence-electron chi connectivity index (χ4n) is 2.12. The van der Waals surface area contributed by atoms with E-state index in [0.29, 0.717) is 11.3 Å². The smallest absolute Gasteiger partial charge is 0.202 e. The summed E-state index contributed by atoms with van der Waals surface area (Å²) in [4.78, 5) is 0.574. The second-order valence-electron chi connectivity index (χ2n) is 4.87. The van der Waals surface area contributed by atoms with Crippen LogP contribution in [0.5, 0.6) is 0 Å². The highest BCUT2D eigenvalue weighted by atomic mass is 32.2. The predicted octanol–water partition coefficient (Wildman–Crippen LogP) is 4.17. The lowest BCUT2D eigenvalue weighted by Crippen LogP contribution is -2.07. The summed E-state index contributed by atoms with van der Waals surface area (Å²) in [6, 6.07) is 18.3. The quantitative estimate of drug-likeness (QED) is 0.826. The summed E-state index contributed by atoms with van der Waals surface area (Å²) in [6.07, 6.45) is 0.432. The van der Waals surface area contributed by atoms with Crippen molar-refractivity contribution in [1.82, 2.24) is 0 Å². The minimum atomic E-state index is -3.44. The molecule has 2 nitrogen and oxygen atoms in total. The number of sulfone groups is 1. The van der Waals surface area contributed by atoms with Gasteiger partial charge in [0.05, 0.1) is 4.90 Å². The number of hydrogen-bond acceptors (Lipinski definition) is 2. The molecule has 2 aromatic carbocycles. The molecule has 0 fully saturated rings. The summed E-state index contributed by atoms with van der Waals surface area (Å²) in [5.74, 6) is 0.127. The van der Waals surface area contributed by atoms with Gasteiger partial charge in [0.25, 0.3) is 0 Å². The van der Waals surface area contributed by atoms with E-state index in [1.54, 1.807) is 30.3 Å². The highest BCUT2D eigenvalue weighted by molar-refractivity contribution is 7.95. The maximum atomic E-state index is 12.4. The third kappa shape index (κ3) is 3.17. The lowest BCUT2D eigenvalue weighted by molar-refractivity contribution is 0.598. The maximum Gasteiger partial charge on any atom is 0.202 e. The molecule has 104 valence electrons. The van der Waals surface area contributed by atoms with E-state index in [-0.39, 0.29) is 10.8 Å². The topological polar surface area (TPSA) is 34.1 Å². The van der Waals surface area contributed by atoms with Gasteiger partial charge in [-0.15, -0.1) is 0 Å². The third-order valence-corrected chi connectivity index (χ3v) is 5.16. The molecule has 20 heavy (non-hydrogen) atoms. The molecule has 0 amide bonds. The molecule has 0 N–H and O–H groups in total. The highest BCUT2D eigenvalue weighted by Gasteiger charge is 2.20. The Hall–Kier alpha value is -1.87. The molecule has 0 saturated heterocycles. The van der Waals surface area contributed by atoms with Crippen molar-refractivity contribution in [2.24, 2.45) is 0 Å². The normalized spacial score (nSPS) is 12.8. The SMILES string of the molecule is C=C(CC(C)c1ccccc1)S(=O)(=O)c1ccccc1. The molecule has 0 aliphatic heterocycles. The van der Waals surface area contributed by atoms with Crippen LogP contribution in [0.15, 0.2) is 77.0 Å². The van der Waals surface area contributed by atoms with Crippen LogP contribution in [0.1, 0.15) is 24.8 Å². The van der Waals surface area contributed by atoms with Crippen LogP contribution < -0.4 is 0 Å². The molecular formula is C17H18O2S. The van der Waals surface area contributed by atoms with Crippen LogP contribution in [0, 0.1) is 0 Å². The Morgan fingerprint density at radius 1 is 1.00 bits per heavy atom. The van der Waals surface area contributed by atoms with Gasteiger partial charge in [-0.25, -0.2) is 8.42 Å². The summed E-state index contributed by atoms with van der Waals surface area (Å²) >= 11 is 0. The molecule has 1 atom stereocenters. The number of hydrogen-bond donors (Lipinski definition) is 0. The van der Waals surface area contributed by atoms with E-state index in [4.69, 9.17) is 0 Å². The lowest BCUT2D eigenvalue weighted by Gasteiger charge is -2.14. The Morgan fingerprint density at radius 3 is 2.05 bits per heavy atom. The summed E-state index contributed by atoms with van der Waals surface area (Å²) in [5.41, 5.74) is 1.12. The van der Waals surface area contributed by atoms with Gasteiger partial charge in [0.15, 0.2) is 0 Å². The van der Waals surface area contributed by atoms with E-state index in [1.165, 1.54) is 0 Å². The third-order valence-electron chi connectivity index (χ3n) is 3.34. The average Bonchev–Trinajstić information content (AvgIpc) is 2.49. The Morgan fingerprint density at radius 2 is 1.50 bits per heavy atom. The fraction of sp³-hybridized carbons (Fsp3) is 0.176. The van der Waals surface area contributed by atoms with Crippen molar-refractivity contribution in [3.05, 3.63) is 77.7 Å². The van der Waals surface area contributed by atoms with Crippen LogP contribution in [-0.2, 0) is 9.84 Å². The van der Waals surface area contributed by atoms with Crippen molar-refractivity contribution >= 4 is 9.84 Å². The van der Waals surface area contributed by atoms with Gasteiger partial charge in [-0.1, -0.05) is 62.0 Å². The van der Waals surface area contributed by atoms with Gasteiger partial charge in [0, 0.05) is 4.91 Å². The van der Waals surface area contributed by atoms with E-state index < -0.39 is 9.84 Å². The van der Waals surface area contributed by atoms with Crippen LogP contribution in [0.4, 0.5) is 0 Å². The molecular weight excluding hydrogens is 268 g/mol. The minimum Gasteiger partial charge on any atom is -0.219 e. The first-order valence-electron chi connectivity index (χ1n) is 6.54. The van der Waals surface area contributed by atoms with Gasteiger partial charge in [-0.05, 0) is 30.0 Å². The first-order chi connectivity index (χ1) is 9.51. The molecule has 1 unspecified atom stereocenters. The Kier molecular flexibility index (Phi) is 4.40. The van der Waals surface area contributed by atoms with Gasteiger partial charge < -0.3 is 0 Å². The Bertz CT molecular complexity index is 673. The molecule has 0 aliphatic carbocycles. The standard InChI is InChI=1S/C17H18O2S/c1-14(16-9-5-3-6-10-16)13-15(2)20(18,19)17-11-7-4-8-12-17/h3-12,14H,2,13H2,1H3. The molecule has 0 aromatic heterocycles. The summed E-state index contributed by atoms with van der Waals surface area (Å²) in [7, 11) is -3.44. The summed E-state index contributed by atoms with van der Waals surface area (Å²) < 4.78 is 24.8. The van der Waals surface area contributed by atoms with E-state index in [9.17, 15) is 8.42 Å². The van der Waals surface area contributed by atoms with Crippen molar-refractivity contribution in [2.75, 3.05) is 0 Å². The van der Waals surface area contributed by atoms with Crippen molar-refractivity contribution in [3.63, 3.8) is 0 Å². The zero-order chi connectivity index (χ0) is 14.6. The zero-order valence-corrected chi connectivity index (χ0v) is 12.3. The second-order valence-corrected chi connectivity index (χ2v) is 6.93. The van der Waals surface area contributed by atoms with Gasteiger partial charge in [-0.3, -0.25) is 0 Å². The molecule has 0 bridgehead atoms. The molecule has 0 spiro atoms. The van der Waals surface area contributed by atoms with Crippen molar-refractivity contribution in [1.29, 1.82) is 0 Å². The van der Waals surface area contributed by atoms with Crippen LogP contribution in [-0.4, -0.2) is 8.42 Å². The van der Waals surface area contributed by atoms with Gasteiger partial charge >= 0.3 is 0 Å². The number of rotatable bonds is 5. The van der Waals surface area contributed by atoms with Gasteiger partial charge in [-0.2, -0.15) is 0 Å². The molecule has 2 rings (SSSR count). The lowest BCUT2D eigenvalue weighted by atomic mass is 9.98. The summed E-state index contributed by atoms with van der Waals surface area (Å²) in [5, 5.41) is 0. The van der Waals surface area contributed by atoms with Crippen molar-refractivity contribution in [2.45, 2.75) is 24.2 Å². The summed E-state index contributed by atoms with van der Waals surface area (Å²) in [6.45, 7) is 5.80. The largest absolute Gasteiger partial charge is 0.219 e. The molecule has 0 saturated carbocycles.